The molecule has 3 rings (SSSR count). The lowest BCUT2D eigenvalue weighted by atomic mass is 10.1. The number of aryl methyl sites for hydroxylation is 1. The smallest absolute Gasteiger partial charge is 0.0789 e. The molecule has 17 heavy (non-hydrogen) atoms. The minimum absolute atomic E-state index is 0.453. The molecule has 1 aromatic heterocycles. The Morgan fingerprint density at radius 1 is 1.29 bits per heavy atom. The maximum Gasteiger partial charge on any atom is 0.0789 e. The highest BCUT2D eigenvalue weighted by Gasteiger charge is 2.15. The summed E-state index contributed by atoms with van der Waals surface area (Å²) in [5.74, 6) is 1.25. The third-order valence-electron chi connectivity index (χ3n) is 3.09. The van der Waals surface area contributed by atoms with E-state index < -0.39 is 0 Å². The van der Waals surface area contributed by atoms with E-state index in [0.717, 1.165) is 17.8 Å². The fourth-order valence-electron chi connectivity index (χ4n) is 2.19. The predicted octanol–water partition coefficient (Wildman–Crippen LogP) is 3.27. The molecule has 3 heteroatoms. The first kappa shape index (κ1) is 11.1. The van der Waals surface area contributed by atoms with Crippen molar-refractivity contribution in [2.24, 2.45) is 0 Å². The molecule has 1 aromatic carbocycles. The Morgan fingerprint density at radius 2 is 2.24 bits per heavy atom. The highest BCUT2D eigenvalue weighted by molar-refractivity contribution is 7.99. The molecule has 2 heterocycles. The molecule has 1 saturated heterocycles. The predicted molar refractivity (Wildman–Crippen MR) is 74.3 cm³/mol. The van der Waals surface area contributed by atoms with Gasteiger partial charge in [0.05, 0.1) is 10.9 Å². The van der Waals surface area contributed by atoms with Crippen molar-refractivity contribution in [1.82, 2.24) is 10.3 Å². The maximum absolute atomic E-state index is 4.53. The van der Waals surface area contributed by atoms with E-state index in [0.29, 0.717) is 5.37 Å². The van der Waals surface area contributed by atoms with Crippen molar-refractivity contribution in [2.45, 2.75) is 18.7 Å². The number of benzene rings is 1. The second-order valence-electron chi connectivity index (χ2n) is 4.46. The summed E-state index contributed by atoms with van der Waals surface area (Å²) in [6.07, 6.45) is 1.27. The monoisotopic (exact) mass is 244 g/mol. The quantitative estimate of drug-likeness (QED) is 0.833. The van der Waals surface area contributed by atoms with E-state index in [2.05, 4.69) is 40.6 Å². The molecule has 0 aliphatic carbocycles. The van der Waals surface area contributed by atoms with Crippen molar-refractivity contribution in [3.05, 3.63) is 41.6 Å². The first-order chi connectivity index (χ1) is 8.33. The van der Waals surface area contributed by atoms with Gasteiger partial charge < -0.3 is 5.32 Å². The van der Waals surface area contributed by atoms with Gasteiger partial charge in [0.1, 0.15) is 0 Å². The van der Waals surface area contributed by atoms with Gasteiger partial charge in [-0.3, -0.25) is 4.98 Å². The summed E-state index contributed by atoms with van der Waals surface area (Å²) in [4.78, 5) is 4.53. The van der Waals surface area contributed by atoms with Gasteiger partial charge in [-0.25, -0.2) is 0 Å². The van der Waals surface area contributed by atoms with E-state index in [4.69, 9.17) is 0 Å². The first-order valence-corrected chi connectivity index (χ1v) is 7.10. The Balaban J connectivity index is 1.98. The van der Waals surface area contributed by atoms with Gasteiger partial charge in [0, 0.05) is 11.1 Å². The lowest BCUT2D eigenvalue weighted by molar-refractivity contribution is 0.643. The van der Waals surface area contributed by atoms with E-state index in [-0.39, 0.29) is 0 Å². The van der Waals surface area contributed by atoms with Gasteiger partial charge in [-0.1, -0.05) is 12.1 Å². The molecule has 0 radical (unpaired) electrons. The van der Waals surface area contributed by atoms with Crippen LogP contribution in [-0.2, 0) is 0 Å². The minimum Gasteiger partial charge on any atom is -0.302 e. The van der Waals surface area contributed by atoms with E-state index in [9.17, 15) is 0 Å². The van der Waals surface area contributed by atoms with Crippen LogP contribution in [-0.4, -0.2) is 17.3 Å². The second kappa shape index (κ2) is 4.67. The Morgan fingerprint density at radius 3 is 3.06 bits per heavy atom. The molecule has 0 spiro atoms. The van der Waals surface area contributed by atoms with E-state index in [1.807, 2.05) is 18.7 Å². The summed E-state index contributed by atoms with van der Waals surface area (Å²) in [6, 6.07) is 10.8. The molecule has 0 saturated carbocycles. The number of nitrogens with one attached hydrogen (secondary N) is 1. The minimum atomic E-state index is 0.453. The SMILES string of the molecule is Cc1ccc2cc(C3NCCCS3)ccc2n1. The van der Waals surface area contributed by atoms with Crippen LogP contribution < -0.4 is 5.32 Å². The summed E-state index contributed by atoms with van der Waals surface area (Å²) in [6.45, 7) is 3.16. The zero-order chi connectivity index (χ0) is 11.7. The molecule has 2 aromatic rings. The van der Waals surface area contributed by atoms with Gasteiger partial charge in [-0.15, -0.1) is 11.8 Å². The van der Waals surface area contributed by atoms with Crippen LogP contribution in [0, 0.1) is 6.92 Å². The molecule has 1 atom stereocenters. The molecule has 88 valence electrons. The number of hydrogen-bond donors (Lipinski definition) is 1. The Hall–Kier alpha value is -1.06. The van der Waals surface area contributed by atoms with Crippen LogP contribution in [0.4, 0.5) is 0 Å². The molecule has 1 unspecified atom stereocenters. The number of nitrogens with zero attached hydrogens (tertiary/aromatic N) is 1. The summed E-state index contributed by atoms with van der Waals surface area (Å²) >= 11 is 2.00. The summed E-state index contributed by atoms with van der Waals surface area (Å²) in [7, 11) is 0. The average molecular weight is 244 g/mol. The van der Waals surface area contributed by atoms with Gasteiger partial charge in [0.2, 0.25) is 0 Å². The first-order valence-electron chi connectivity index (χ1n) is 6.05. The Kier molecular flexibility index (Phi) is 3.04. The summed E-state index contributed by atoms with van der Waals surface area (Å²) in [5.41, 5.74) is 3.54. The van der Waals surface area contributed by atoms with Gasteiger partial charge in [0.15, 0.2) is 0 Å². The third kappa shape index (κ3) is 2.31. The lowest BCUT2D eigenvalue weighted by Gasteiger charge is -2.23. The van der Waals surface area contributed by atoms with Crippen molar-refractivity contribution in [2.75, 3.05) is 12.3 Å². The fourth-order valence-corrected chi connectivity index (χ4v) is 3.31. The van der Waals surface area contributed by atoms with E-state index in [1.54, 1.807) is 0 Å². The molecule has 2 nitrogen and oxygen atoms in total. The molecule has 1 N–H and O–H groups in total. The van der Waals surface area contributed by atoms with Crippen LogP contribution in [0.5, 0.6) is 0 Å². The number of hydrogen-bond acceptors (Lipinski definition) is 3. The molecule has 1 aliphatic heterocycles. The van der Waals surface area contributed by atoms with Gasteiger partial charge in [-0.05, 0) is 49.4 Å². The van der Waals surface area contributed by atoms with Crippen molar-refractivity contribution >= 4 is 22.7 Å². The average Bonchev–Trinajstić information content (AvgIpc) is 2.39. The molecule has 0 amide bonds. The maximum atomic E-state index is 4.53. The number of rotatable bonds is 1. The molecule has 1 fully saturated rings. The van der Waals surface area contributed by atoms with Gasteiger partial charge >= 0.3 is 0 Å². The van der Waals surface area contributed by atoms with Crippen LogP contribution in [0.2, 0.25) is 0 Å². The normalized spacial score (nSPS) is 20.6. The van der Waals surface area contributed by atoms with E-state index in [1.165, 1.54) is 23.1 Å². The molecular formula is C14H16N2S. The zero-order valence-electron chi connectivity index (χ0n) is 9.94. The Bertz CT molecular complexity index is 533. The lowest BCUT2D eigenvalue weighted by Crippen LogP contribution is -2.25. The molecular weight excluding hydrogens is 228 g/mol. The van der Waals surface area contributed by atoms with Crippen molar-refractivity contribution < 1.29 is 0 Å². The van der Waals surface area contributed by atoms with Crippen LogP contribution >= 0.6 is 11.8 Å². The third-order valence-corrected chi connectivity index (χ3v) is 4.39. The van der Waals surface area contributed by atoms with Crippen molar-refractivity contribution in [3.8, 4) is 0 Å². The van der Waals surface area contributed by atoms with Gasteiger partial charge in [0.25, 0.3) is 0 Å². The largest absolute Gasteiger partial charge is 0.302 e. The number of thioether (sulfide) groups is 1. The Labute approximate surface area is 106 Å². The van der Waals surface area contributed by atoms with Crippen molar-refractivity contribution in [1.29, 1.82) is 0 Å². The zero-order valence-corrected chi connectivity index (χ0v) is 10.8. The van der Waals surface area contributed by atoms with Crippen LogP contribution in [0.25, 0.3) is 10.9 Å². The standard InChI is InChI=1S/C14H16N2S/c1-10-3-4-11-9-12(5-6-13(11)16-10)14-15-7-2-8-17-14/h3-6,9,14-15H,2,7-8H2,1H3. The number of pyridine rings is 1. The van der Waals surface area contributed by atoms with Crippen LogP contribution in [0.1, 0.15) is 23.1 Å². The molecule has 1 aliphatic rings. The fraction of sp³-hybridized carbons (Fsp3) is 0.357. The van der Waals surface area contributed by atoms with Crippen molar-refractivity contribution in [3.63, 3.8) is 0 Å². The van der Waals surface area contributed by atoms with Crippen LogP contribution in [0.15, 0.2) is 30.3 Å². The number of fused-ring (bicyclic) bond motifs is 1. The topological polar surface area (TPSA) is 24.9 Å². The second-order valence-corrected chi connectivity index (χ2v) is 5.68. The summed E-state index contributed by atoms with van der Waals surface area (Å²) < 4.78 is 0. The number of aromatic nitrogens is 1. The van der Waals surface area contributed by atoms with Gasteiger partial charge in [-0.2, -0.15) is 0 Å². The highest BCUT2D eigenvalue weighted by atomic mass is 32.2. The van der Waals surface area contributed by atoms with Crippen LogP contribution in [0.3, 0.4) is 0 Å². The molecule has 0 bridgehead atoms. The summed E-state index contributed by atoms with van der Waals surface area (Å²) in [5, 5.41) is 5.24. The highest BCUT2D eigenvalue weighted by Crippen LogP contribution is 2.30. The van der Waals surface area contributed by atoms with E-state index >= 15 is 0 Å².